The van der Waals surface area contributed by atoms with Crippen LogP contribution in [0.5, 0.6) is 5.75 Å². The average molecular weight is 430 g/mol. The second kappa shape index (κ2) is 9.30. The van der Waals surface area contributed by atoms with Crippen LogP contribution in [0, 0.1) is 0 Å². The first-order valence-corrected chi connectivity index (χ1v) is 10.0. The number of nitrogens with one attached hydrogen (secondary N) is 1. The lowest BCUT2D eigenvalue weighted by Gasteiger charge is -2.20. The zero-order valence-electron chi connectivity index (χ0n) is 17.7. The summed E-state index contributed by atoms with van der Waals surface area (Å²) < 4.78 is 11.4. The molecule has 4 rings (SSSR count). The average Bonchev–Trinajstić information content (AvgIpc) is 3.34. The molecule has 1 N–H and O–H groups in total. The number of amides is 1. The number of nitrogens with zero attached hydrogens (tertiary/aromatic N) is 3. The molecule has 2 aromatic carbocycles. The Morgan fingerprint density at radius 1 is 1.09 bits per heavy atom. The smallest absolute Gasteiger partial charge is 0.296 e. The van der Waals surface area contributed by atoms with Gasteiger partial charge in [0.1, 0.15) is 17.8 Å². The van der Waals surface area contributed by atoms with E-state index >= 15 is 0 Å². The van der Waals surface area contributed by atoms with Gasteiger partial charge in [-0.15, -0.1) is 0 Å². The van der Waals surface area contributed by atoms with Crippen molar-refractivity contribution in [3.63, 3.8) is 0 Å². The molecule has 0 aliphatic rings. The van der Waals surface area contributed by atoms with Gasteiger partial charge in [0.25, 0.3) is 11.5 Å². The van der Waals surface area contributed by atoms with E-state index in [0.29, 0.717) is 17.9 Å². The molecule has 0 atom stereocenters. The molecule has 0 fully saturated rings. The normalized spacial score (nSPS) is 10.8. The number of methoxy groups -OCH3 is 1. The number of hydrogen-bond donors (Lipinski definition) is 1. The van der Waals surface area contributed by atoms with E-state index < -0.39 is 11.5 Å². The van der Waals surface area contributed by atoms with Gasteiger partial charge in [-0.3, -0.25) is 14.2 Å². The zero-order chi connectivity index (χ0) is 22.5. The van der Waals surface area contributed by atoms with Crippen molar-refractivity contribution in [1.29, 1.82) is 0 Å². The number of ether oxygens (including phenoxy) is 1. The molecule has 8 nitrogen and oxygen atoms in total. The first-order chi connectivity index (χ1) is 15.6. The maximum absolute atomic E-state index is 13.0. The first-order valence-electron chi connectivity index (χ1n) is 10.0. The molecule has 4 aromatic rings. The standard InChI is InChI=1S/C24H22N4O4/c1-28-20(13-19(16-9-5-3-6-10-16)17-11-7-4-8-12-17)27-21(22(31-2)24(28)30)23(29)26-18-14-25-32-15-18/h3-12,14-15,19H,13H2,1-2H3,(H,26,29). The Morgan fingerprint density at radius 3 is 2.25 bits per heavy atom. The zero-order valence-corrected chi connectivity index (χ0v) is 17.7. The van der Waals surface area contributed by atoms with Gasteiger partial charge in [-0.2, -0.15) is 0 Å². The summed E-state index contributed by atoms with van der Waals surface area (Å²) in [7, 11) is 2.97. The van der Waals surface area contributed by atoms with Crippen molar-refractivity contribution in [3.05, 3.63) is 106 Å². The summed E-state index contributed by atoms with van der Waals surface area (Å²) in [5.74, 6) is -0.303. The van der Waals surface area contributed by atoms with Crippen LogP contribution in [-0.2, 0) is 13.5 Å². The molecule has 2 heterocycles. The van der Waals surface area contributed by atoms with Gasteiger partial charge in [-0.25, -0.2) is 4.98 Å². The van der Waals surface area contributed by atoms with Crippen LogP contribution in [0.3, 0.4) is 0 Å². The lowest BCUT2D eigenvalue weighted by Crippen LogP contribution is -2.29. The molecular weight excluding hydrogens is 408 g/mol. The van der Waals surface area contributed by atoms with Gasteiger partial charge < -0.3 is 14.6 Å². The van der Waals surface area contributed by atoms with E-state index in [9.17, 15) is 9.59 Å². The fourth-order valence-corrected chi connectivity index (χ4v) is 3.58. The van der Waals surface area contributed by atoms with Crippen LogP contribution in [-0.4, -0.2) is 27.7 Å². The molecule has 0 aliphatic heterocycles. The molecule has 162 valence electrons. The number of carbonyl (C=O) groups is 1. The van der Waals surface area contributed by atoms with Crippen LogP contribution in [0.25, 0.3) is 0 Å². The van der Waals surface area contributed by atoms with Crippen LogP contribution in [0.1, 0.15) is 33.4 Å². The van der Waals surface area contributed by atoms with E-state index in [4.69, 9.17) is 9.26 Å². The van der Waals surface area contributed by atoms with Crippen molar-refractivity contribution < 1.29 is 14.1 Å². The van der Waals surface area contributed by atoms with Crippen molar-refractivity contribution in [1.82, 2.24) is 14.7 Å². The SMILES string of the molecule is COc1c(C(=O)Nc2cnoc2)nc(CC(c2ccccc2)c2ccccc2)n(C)c1=O. The van der Waals surface area contributed by atoms with Crippen LogP contribution >= 0.6 is 0 Å². The van der Waals surface area contributed by atoms with Gasteiger partial charge >= 0.3 is 0 Å². The van der Waals surface area contributed by atoms with Crippen LogP contribution in [0.15, 0.2) is 82.4 Å². The quantitative estimate of drug-likeness (QED) is 0.482. The van der Waals surface area contributed by atoms with Gasteiger partial charge in [0.2, 0.25) is 5.75 Å². The molecular formula is C24H22N4O4. The van der Waals surface area contributed by atoms with Gasteiger partial charge in [0, 0.05) is 19.4 Å². The van der Waals surface area contributed by atoms with E-state index in [-0.39, 0.29) is 17.4 Å². The Bertz CT molecular complexity index is 1210. The van der Waals surface area contributed by atoms with E-state index in [0.717, 1.165) is 11.1 Å². The molecule has 2 aromatic heterocycles. The summed E-state index contributed by atoms with van der Waals surface area (Å²) in [5.41, 5.74) is 1.99. The summed E-state index contributed by atoms with van der Waals surface area (Å²) in [6.07, 6.45) is 3.05. The maximum Gasteiger partial charge on any atom is 0.296 e. The van der Waals surface area contributed by atoms with Crippen molar-refractivity contribution in [2.75, 3.05) is 12.4 Å². The number of aromatic nitrogens is 3. The van der Waals surface area contributed by atoms with Gasteiger partial charge in [0.15, 0.2) is 5.69 Å². The minimum atomic E-state index is -0.583. The third-order valence-electron chi connectivity index (χ3n) is 5.24. The molecule has 8 heteroatoms. The highest BCUT2D eigenvalue weighted by molar-refractivity contribution is 6.04. The van der Waals surface area contributed by atoms with E-state index in [1.54, 1.807) is 7.05 Å². The van der Waals surface area contributed by atoms with Crippen molar-refractivity contribution in [3.8, 4) is 5.75 Å². The number of benzene rings is 2. The summed E-state index contributed by atoms with van der Waals surface area (Å²) in [5, 5.41) is 6.18. The minimum absolute atomic E-state index is 0.0575. The summed E-state index contributed by atoms with van der Waals surface area (Å²) in [6, 6.07) is 20.0. The van der Waals surface area contributed by atoms with Crippen molar-refractivity contribution in [2.45, 2.75) is 12.3 Å². The molecule has 0 radical (unpaired) electrons. The molecule has 0 saturated heterocycles. The third-order valence-corrected chi connectivity index (χ3v) is 5.24. The van der Waals surface area contributed by atoms with Crippen LogP contribution in [0.2, 0.25) is 0 Å². The molecule has 32 heavy (non-hydrogen) atoms. The molecule has 0 unspecified atom stereocenters. The molecule has 0 spiro atoms. The first kappa shape index (κ1) is 21.0. The number of carbonyl (C=O) groups excluding carboxylic acids is 1. The van der Waals surface area contributed by atoms with E-state index in [1.165, 1.54) is 24.1 Å². The highest BCUT2D eigenvalue weighted by Crippen LogP contribution is 2.28. The highest BCUT2D eigenvalue weighted by Gasteiger charge is 2.24. The minimum Gasteiger partial charge on any atom is -0.489 e. The monoisotopic (exact) mass is 430 g/mol. The van der Waals surface area contributed by atoms with E-state index in [2.05, 4.69) is 15.5 Å². The Kier molecular flexibility index (Phi) is 6.12. The Labute approximate surface area is 184 Å². The number of hydrogen-bond acceptors (Lipinski definition) is 6. The highest BCUT2D eigenvalue weighted by atomic mass is 16.5. The summed E-state index contributed by atoms with van der Waals surface area (Å²) >= 11 is 0. The third kappa shape index (κ3) is 4.29. The Morgan fingerprint density at radius 2 is 1.72 bits per heavy atom. The number of rotatable bonds is 7. The van der Waals surface area contributed by atoms with Crippen LogP contribution < -0.4 is 15.6 Å². The molecule has 0 saturated carbocycles. The Balaban J connectivity index is 1.77. The second-order valence-corrected chi connectivity index (χ2v) is 7.22. The largest absolute Gasteiger partial charge is 0.489 e. The summed E-state index contributed by atoms with van der Waals surface area (Å²) in [4.78, 5) is 30.4. The topological polar surface area (TPSA) is 99.2 Å². The van der Waals surface area contributed by atoms with Gasteiger partial charge in [-0.1, -0.05) is 65.8 Å². The maximum atomic E-state index is 13.0. The Hall–Kier alpha value is -4.20. The predicted octanol–water partition coefficient (Wildman–Crippen LogP) is 3.40. The van der Waals surface area contributed by atoms with E-state index in [1.807, 2.05) is 60.7 Å². The molecule has 0 aliphatic carbocycles. The second-order valence-electron chi connectivity index (χ2n) is 7.22. The lowest BCUT2D eigenvalue weighted by molar-refractivity contribution is 0.101. The fraction of sp³-hybridized carbons (Fsp3) is 0.167. The van der Waals surface area contributed by atoms with Crippen molar-refractivity contribution in [2.24, 2.45) is 7.05 Å². The van der Waals surface area contributed by atoms with Crippen molar-refractivity contribution >= 4 is 11.6 Å². The number of anilines is 1. The summed E-state index contributed by atoms with van der Waals surface area (Å²) in [6.45, 7) is 0. The molecule has 1 amide bonds. The van der Waals surface area contributed by atoms with Gasteiger partial charge in [0.05, 0.1) is 13.3 Å². The lowest BCUT2D eigenvalue weighted by atomic mass is 9.88. The predicted molar refractivity (Wildman–Crippen MR) is 119 cm³/mol. The van der Waals surface area contributed by atoms with Gasteiger partial charge in [-0.05, 0) is 11.1 Å². The van der Waals surface area contributed by atoms with Crippen LogP contribution in [0.4, 0.5) is 5.69 Å². The fourth-order valence-electron chi connectivity index (χ4n) is 3.58. The molecule has 0 bridgehead atoms.